The van der Waals surface area contributed by atoms with Crippen molar-refractivity contribution in [3.05, 3.63) is 23.8 Å². The van der Waals surface area contributed by atoms with Crippen molar-refractivity contribution in [2.75, 3.05) is 12.5 Å². The van der Waals surface area contributed by atoms with Crippen LogP contribution in [0.3, 0.4) is 0 Å². The van der Waals surface area contributed by atoms with Gasteiger partial charge in [0.1, 0.15) is 17.8 Å². The lowest BCUT2D eigenvalue weighted by molar-refractivity contribution is -0.245. The number of alkyl halides is 1. The number of allylic oxidation sites excluding steroid dienone is 3. The molecule has 0 aromatic rings. The molecule has 4 rings (SSSR count). The first-order valence-electron chi connectivity index (χ1n) is 12.0. The lowest BCUT2D eigenvalue weighted by Gasteiger charge is -2.65. The van der Waals surface area contributed by atoms with Gasteiger partial charge in [-0.25, -0.2) is 4.39 Å². The monoisotopic (exact) mass is 564 g/mol. The summed E-state index contributed by atoms with van der Waals surface area (Å²) >= 11 is 0. The summed E-state index contributed by atoms with van der Waals surface area (Å²) in [6, 6.07) is 0. The molecule has 0 unspecified atom stereocenters. The molecule has 10 nitrogen and oxygen atoms in total. The Morgan fingerprint density at radius 2 is 1.70 bits per heavy atom. The van der Waals surface area contributed by atoms with E-state index in [0.29, 0.717) is 6.26 Å². The van der Waals surface area contributed by atoms with Gasteiger partial charge in [-0.3, -0.25) is 18.0 Å². The van der Waals surface area contributed by atoms with Crippen LogP contribution in [0.25, 0.3) is 0 Å². The third kappa shape index (κ3) is 3.83. The predicted octanol–water partition coefficient (Wildman–Crippen LogP) is 0.833. The van der Waals surface area contributed by atoms with E-state index in [4.69, 9.17) is 8.37 Å². The fourth-order valence-corrected chi connectivity index (χ4v) is 9.09. The number of carbonyl (C=O) groups excluding carboxylic acids is 2. The summed E-state index contributed by atoms with van der Waals surface area (Å²) in [4.78, 5) is 25.1. The van der Waals surface area contributed by atoms with Gasteiger partial charge in [0.05, 0.1) is 18.6 Å². The summed E-state index contributed by atoms with van der Waals surface area (Å²) in [7, 11) is -8.67. The van der Waals surface area contributed by atoms with Gasteiger partial charge in [0, 0.05) is 16.7 Å². The van der Waals surface area contributed by atoms with Crippen molar-refractivity contribution in [1.82, 2.24) is 0 Å². The first-order chi connectivity index (χ1) is 16.6. The van der Waals surface area contributed by atoms with E-state index in [0.717, 1.165) is 18.4 Å². The van der Waals surface area contributed by atoms with Gasteiger partial charge in [0.15, 0.2) is 17.2 Å². The molecule has 10 atom stereocenters. The topological polar surface area (TPSA) is 161 Å². The van der Waals surface area contributed by atoms with E-state index in [2.05, 4.69) is 0 Å². The molecule has 0 aromatic heterocycles. The van der Waals surface area contributed by atoms with Crippen LogP contribution in [-0.2, 0) is 38.2 Å². The average molecular weight is 565 g/mol. The fourth-order valence-electron chi connectivity index (χ4n) is 7.88. The highest BCUT2D eigenvalue weighted by Crippen LogP contribution is 2.71. The van der Waals surface area contributed by atoms with Crippen molar-refractivity contribution in [3.8, 4) is 0 Å². The van der Waals surface area contributed by atoms with E-state index in [-0.39, 0.29) is 18.4 Å². The van der Waals surface area contributed by atoms with Gasteiger partial charge in [-0.2, -0.15) is 16.8 Å². The maximum absolute atomic E-state index is 17.8. The van der Waals surface area contributed by atoms with E-state index in [1.165, 1.54) is 19.9 Å². The number of hydrogen-bond donors (Lipinski definition) is 2. The van der Waals surface area contributed by atoms with Gasteiger partial charge < -0.3 is 10.2 Å². The second kappa shape index (κ2) is 8.25. The lowest BCUT2D eigenvalue weighted by Crippen LogP contribution is -2.74. The molecular weight excluding hydrogens is 531 g/mol. The fraction of sp³-hybridized carbons (Fsp3) is 0.750. The molecule has 0 bridgehead atoms. The molecule has 2 N–H and O–H groups in total. The molecule has 4 aliphatic rings. The third-order valence-corrected chi connectivity index (χ3v) is 10.5. The van der Waals surface area contributed by atoms with Crippen LogP contribution < -0.4 is 0 Å². The van der Waals surface area contributed by atoms with Crippen LogP contribution >= 0.6 is 0 Å². The molecule has 0 aliphatic heterocycles. The Morgan fingerprint density at radius 1 is 1.14 bits per heavy atom. The molecule has 0 aromatic carbocycles. The molecular formula is C24H33FO10S2. The van der Waals surface area contributed by atoms with Crippen molar-refractivity contribution in [2.45, 2.75) is 70.1 Å². The lowest BCUT2D eigenvalue weighted by atomic mass is 9.43. The van der Waals surface area contributed by atoms with Crippen molar-refractivity contribution >= 4 is 31.8 Å². The summed E-state index contributed by atoms with van der Waals surface area (Å²) in [6.07, 6.45) is -0.979. The number of fused-ring (bicyclic) bond motifs is 5. The SMILES string of the molecule is CC(=O)[C@@]1(O)[C@H](C)C[C@H]2[C@@H]3[C@@H](OS(C)(=O)=O)[C@@H](OS(C)(=O)=O)C4=CC(=O)C=C[C@]4(C)[C@@]3(F)[C@@H](O)C[C@@]21C. The van der Waals surface area contributed by atoms with Gasteiger partial charge in [-0.05, 0) is 56.3 Å². The van der Waals surface area contributed by atoms with Crippen LogP contribution in [0.2, 0.25) is 0 Å². The smallest absolute Gasteiger partial charge is 0.265 e. The maximum Gasteiger partial charge on any atom is 0.265 e. The van der Waals surface area contributed by atoms with Crippen LogP contribution in [-0.4, -0.2) is 80.7 Å². The van der Waals surface area contributed by atoms with Gasteiger partial charge in [0.2, 0.25) is 0 Å². The first-order valence-corrected chi connectivity index (χ1v) is 15.6. The second-order valence-electron chi connectivity index (χ2n) is 11.5. The van der Waals surface area contributed by atoms with E-state index < -0.39 is 90.0 Å². The summed E-state index contributed by atoms with van der Waals surface area (Å²) < 4.78 is 78.0. The number of rotatable bonds is 5. The number of ketones is 2. The minimum Gasteiger partial charge on any atom is -0.390 e. The minimum absolute atomic E-state index is 0.0582. The molecule has 37 heavy (non-hydrogen) atoms. The van der Waals surface area contributed by atoms with Crippen LogP contribution in [0.5, 0.6) is 0 Å². The van der Waals surface area contributed by atoms with Gasteiger partial charge in [0.25, 0.3) is 20.2 Å². The third-order valence-electron chi connectivity index (χ3n) is 9.36. The number of aliphatic hydroxyl groups excluding tert-OH is 1. The summed E-state index contributed by atoms with van der Waals surface area (Å²) in [6.45, 7) is 5.74. The van der Waals surface area contributed by atoms with Crippen LogP contribution in [0.15, 0.2) is 23.8 Å². The predicted molar refractivity (Wildman–Crippen MR) is 129 cm³/mol. The number of halogens is 1. The molecule has 0 saturated heterocycles. The van der Waals surface area contributed by atoms with Crippen LogP contribution in [0, 0.1) is 28.6 Å². The van der Waals surface area contributed by atoms with Gasteiger partial charge >= 0.3 is 0 Å². The van der Waals surface area contributed by atoms with E-state index in [1.807, 2.05) is 0 Å². The highest BCUT2D eigenvalue weighted by Gasteiger charge is 2.79. The molecule has 3 fully saturated rings. The van der Waals surface area contributed by atoms with E-state index in [9.17, 15) is 36.6 Å². The molecule has 13 heteroatoms. The van der Waals surface area contributed by atoms with Gasteiger partial charge in [-0.15, -0.1) is 0 Å². The zero-order valence-electron chi connectivity index (χ0n) is 21.5. The van der Waals surface area contributed by atoms with Crippen LogP contribution in [0.4, 0.5) is 4.39 Å². The maximum atomic E-state index is 17.8. The Balaban J connectivity index is 2.06. The largest absolute Gasteiger partial charge is 0.390 e. The molecule has 3 saturated carbocycles. The zero-order valence-corrected chi connectivity index (χ0v) is 23.1. The van der Waals surface area contributed by atoms with Crippen molar-refractivity contribution in [2.24, 2.45) is 28.6 Å². The van der Waals surface area contributed by atoms with Crippen molar-refractivity contribution in [1.29, 1.82) is 0 Å². The average Bonchev–Trinajstić information content (AvgIpc) is 2.92. The molecule has 208 valence electrons. The number of Topliss-reactive ketones (excluding diaryl/α,β-unsaturated/α-hetero) is 1. The highest BCUT2D eigenvalue weighted by molar-refractivity contribution is 7.86. The Kier molecular flexibility index (Phi) is 6.35. The Hall–Kier alpha value is -1.51. The summed E-state index contributed by atoms with van der Waals surface area (Å²) in [5, 5.41) is 23.1. The Labute approximate surface area is 216 Å². The normalized spacial score (nSPS) is 47.6. The second-order valence-corrected chi connectivity index (χ2v) is 14.7. The summed E-state index contributed by atoms with van der Waals surface area (Å²) in [5.74, 6) is -4.38. The number of hydrogen-bond acceptors (Lipinski definition) is 10. The number of carbonyl (C=O) groups is 2. The quantitative estimate of drug-likeness (QED) is 0.458. The molecule has 0 radical (unpaired) electrons. The van der Waals surface area contributed by atoms with Crippen molar-refractivity contribution in [3.63, 3.8) is 0 Å². The summed E-state index contributed by atoms with van der Waals surface area (Å²) in [5.41, 5.74) is -8.07. The van der Waals surface area contributed by atoms with E-state index in [1.54, 1.807) is 13.8 Å². The molecule has 0 heterocycles. The van der Waals surface area contributed by atoms with E-state index >= 15 is 4.39 Å². The minimum atomic E-state index is -4.37. The molecule has 0 amide bonds. The van der Waals surface area contributed by atoms with Crippen molar-refractivity contribution < 1.29 is 49.4 Å². The highest BCUT2D eigenvalue weighted by atomic mass is 32.2. The van der Waals surface area contributed by atoms with Crippen LogP contribution in [0.1, 0.15) is 40.5 Å². The Morgan fingerprint density at radius 3 is 2.22 bits per heavy atom. The zero-order chi connectivity index (χ0) is 28.1. The molecule has 0 spiro atoms. The van der Waals surface area contributed by atoms with Gasteiger partial charge in [-0.1, -0.05) is 19.9 Å². The number of aliphatic hydroxyl groups is 2. The first kappa shape index (κ1) is 28.5. The molecule has 4 aliphatic carbocycles. The Bertz CT molecular complexity index is 1320. The standard InChI is InChI=1S/C24H33FO10S2/c1-12-9-15-18-20(35-37(6,32)33)19(34-36(5,30)31)16-10-14(27)7-8-21(16,3)23(18,25)17(28)11-22(15,4)24(12,29)13(2)26/h7-8,10,12,15,17-20,28-29H,9,11H2,1-6H3/t12-,15+,17+,18-,19+,20-,21+,22+,23-,24+/m1/s1.